The summed E-state index contributed by atoms with van der Waals surface area (Å²) in [6.45, 7) is 9.03. The van der Waals surface area contributed by atoms with Gasteiger partial charge in [0, 0.05) is 30.5 Å². The van der Waals surface area contributed by atoms with Crippen LogP contribution in [0.25, 0.3) is 0 Å². The second-order valence-electron chi connectivity index (χ2n) is 5.40. The average Bonchev–Trinajstić information content (AvgIpc) is 2.78. The predicted octanol–water partition coefficient (Wildman–Crippen LogP) is 2.17. The Kier molecular flexibility index (Phi) is 3.38. The lowest BCUT2D eigenvalue weighted by atomic mass is 10.1. The third kappa shape index (κ3) is 2.44. The summed E-state index contributed by atoms with van der Waals surface area (Å²) in [5, 5.41) is 0. The molecule has 0 bridgehead atoms. The number of Topliss-reactive ketones (excluding diaryl/α,β-unsaturated/α-hetero) is 1. The van der Waals surface area contributed by atoms with E-state index >= 15 is 0 Å². The van der Waals surface area contributed by atoms with Crippen molar-refractivity contribution in [1.29, 1.82) is 0 Å². The van der Waals surface area contributed by atoms with Crippen molar-refractivity contribution >= 4 is 5.78 Å². The minimum Gasteiger partial charge on any atom is -0.351 e. The number of hydrogen-bond acceptors (Lipinski definition) is 2. The third-order valence-electron chi connectivity index (χ3n) is 3.95. The van der Waals surface area contributed by atoms with Crippen LogP contribution in [0.2, 0.25) is 0 Å². The summed E-state index contributed by atoms with van der Waals surface area (Å²) in [5.74, 6) is 1.00. The Morgan fingerprint density at radius 1 is 1.47 bits per heavy atom. The van der Waals surface area contributed by atoms with Gasteiger partial charge >= 0.3 is 0 Å². The van der Waals surface area contributed by atoms with Gasteiger partial charge in [-0.15, -0.1) is 0 Å². The Hall–Kier alpha value is -1.09. The minimum atomic E-state index is 0.264. The number of rotatable bonds is 3. The summed E-state index contributed by atoms with van der Waals surface area (Å²) in [6, 6.07) is 2.01. The summed E-state index contributed by atoms with van der Waals surface area (Å²) in [6.07, 6.45) is 1.22. The van der Waals surface area contributed by atoms with Gasteiger partial charge in [0.1, 0.15) is 0 Å². The third-order valence-corrected chi connectivity index (χ3v) is 3.95. The lowest BCUT2D eigenvalue weighted by Crippen LogP contribution is -2.27. The molecule has 1 aromatic heterocycles. The van der Waals surface area contributed by atoms with Gasteiger partial charge in [0.25, 0.3) is 0 Å². The van der Waals surface area contributed by atoms with Gasteiger partial charge < -0.3 is 4.57 Å². The van der Waals surface area contributed by atoms with E-state index in [9.17, 15) is 4.79 Å². The van der Waals surface area contributed by atoms with Gasteiger partial charge in [0.05, 0.1) is 6.54 Å². The van der Waals surface area contributed by atoms with Crippen molar-refractivity contribution in [1.82, 2.24) is 9.47 Å². The van der Waals surface area contributed by atoms with Crippen LogP contribution in [0.3, 0.4) is 0 Å². The molecule has 1 unspecified atom stereocenters. The molecule has 94 valence electrons. The van der Waals surface area contributed by atoms with Crippen LogP contribution in [0.15, 0.2) is 6.07 Å². The van der Waals surface area contributed by atoms with Gasteiger partial charge in [-0.2, -0.15) is 0 Å². The van der Waals surface area contributed by atoms with E-state index in [2.05, 4.69) is 16.4 Å². The number of carbonyl (C=O) groups excluding carboxylic acids is 1. The van der Waals surface area contributed by atoms with Gasteiger partial charge in [-0.05, 0) is 38.8 Å². The fourth-order valence-electron chi connectivity index (χ4n) is 2.60. The molecule has 2 rings (SSSR count). The van der Waals surface area contributed by atoms with Crippen molar-refractivity contribution in [2.45, 2.75) is 27.2 Å². The van der Waals surface area contributed by atoms with E-state index < -0.39 is 0 Å². The van der Waals surface area contributed by atoms with Crippen LogP contribution in [-0.4, -0.2) is 34.9 Å². The molecule has 0 aromatic carbocycles. The van der Waals surface area contributed by atoms with E-state index in [4.69, 9.17) is 0 Å². The first kappa shape index (κ1) is 12.4. The SMILES string of the molecule is Cc1cc(C(=O)CN2CCC(C)C2)c(C)n1C. The van der Waals surface area contributed by atoms with Crippen molar-refractivity contribution in [3.05, 3.63) is 23.0 Å². The van der Waals surface area contributed by atoms with E-state index in [1.807, 2.05) is 27.0 Å². The fourth-order valence-corrected chi connectivity index (χ4v) is 2.60. The molecule has 17 heavy (non-hydrogen) atoms. The molecule has 3 nitrogen and oxygen atoms in total. The van der Waals surface area contributed by atoms with E-state index in [0.717, 1.165) is 36.0 Å². The topological polar surface area (TPSA) is 25.2 Å². The lowest BCUT2D eigenvalue weighted by Gasteiger charge is -2.13. The Morgan fingerprint density at radius 3 is 2.65 bits per heavy atom. The number of ketones is 1. The molecule has 1 aromatic rings. The molecule has 0 amide bonds. The van der Waals surface area contributed by atoms with Gasteiger partial charge in [0.2, 0.25) is 0 Å². The highest BCUT2D eigenvalue weighted by atomic mass is 16.1. The van der Waals surface area contributed by atoms with Gasteiger partial charge in [-0.25, -0.2) is 0 Å². The number of aromatic nitrogens is 1. The van der Waals surface area contributed by atoms with E-state index in [0.29, 0.717) is 6.54 Å². The van der Waals surface area contributed by atoms with Crippen LogP contribution in [-0.2, 0) is 7.05 Å². The lowest BCUT2D eigenvalue weighted by molar-refractivity contribution is 0.0943. The fraction of sp³-hybridized carbons (Fsp3) is 0.643. The maximum absolute atomic E-state index is 12.2. The summed E-state index contributed by atoms with van der Waals surface area (Å²) >= 11 is 0. The smallest absolute Gasteiger partial charge is 0.178 e. The molecule has 0 aliphatic carbocycles. The number of likely N-dealkylation sites (tertiary alicyclic amines) is 1. The van der Waals surface area contributed by atoms with Crippen molar-refractivity contribution in [2.24, 2.45) is 13.0 Å². The first-order valence-electron chi connectivity index (χ1n) is 6.37. The first-order valence-corrected chi connectivity index (χ1v) is 6.37. The quantitative estimate of drug-likeness (QED) is 0.749. The number of aryl methyl sites for hydroxylation is 1. The second kappa shape index (κ2) is 4.65. The highest BCUT2D eigenvalue weighted by Gasteiger charge is 2.22. The van der Waals surface area contributed by atoms with Crippen LogP contribution >= 0.6 is 0 Å². The van der Waals surface area contributed by atoms with Crippen molar-refractivity contribution in [2.75, 3.05) is 19.6 Å². The van der Waals surface area contributed by atoms with Crippen LogP contribution in [0.1, 0.15) is 35.1 Å². The molecule has 0 radical (unpaired) electrons. The predicted molar refractivity (Wildman–Crippen MR) is 69.4 cm³/mol. The minimum absolute atomic E-state index is 0.264. The van der Waals surface area contributed by atoms with Crippen molar-refractivity contribution < 1.29 is 4.79 Å². The molecule has 1 aliphatic rings. The standard InChI is InChI=1S/C14H22N2O/c1-10-5-6-16(8-10)9-14(17)13-7-11(2)15(4)12(13)3/h7,10H,5-6,8-9H2,1-4H3. The first-order chi connectivity index (χ1) is 7.99. The molecule has 1 aliphatic heterocycles. The molecule has 3 heteroatoms. The number of carbonyl (C=O) groups is 1. The van der Waals surface area contributed by atoms with Crippen molar-refractivity contribution in [3.8, 4) is 0 Å². The van der Waals surface area contributed by atoms with E-state index in [-0.39, 0.29) is 5.78 Å². The largest absolute Gasteiger partial charge is 0.351 e. The van der Waals surface area contributed by atoms with Gasteiger partial charge in [0.15, 0.2) is 5.78 Å². The maximum atomic E-state index is 12.2. The van der Waals surface area contributed by atoms with E-state index in [1.165, 1.54) is 6.42 Å². The van der Waals surface area contributed by atoms with Crippen LogP contribution in [0.5, 0.6) is 0 Å². The molecular weight excluding hydrogens is 212 g/mol. The summed E-state index contributed by atoms with van der Waals surface area (Å²) in [5.41, 5.74) is 3.13. The number of hydrogen-bond donors (Lipinski definition) is 0. The summed E-state index contributed by atoms with van der Waals surface area (Å²) in [7, 11) is 2.01. The Balaban J connectivity index is 2.07. The van der Waals surface area contributed by atoms with Crippen LogP contribution in [0, 0.1) is 19.8 Å². The average molecular weight is 234 g/mol. The zero-order chi connectivity index (χ0) is 12.6. The van der Waals surface area contributed by atoms with Crippen LogP contribution in [0.4, 0.5) is 0 Å². The van der Waals surface area contributed by atoms with Gasteiger partial charge in [-0.1, -0.05) is 6.92 Å². The zero-order valence-corrected chi connectivity index (χ0v) is 11.3. The zero-order valence-electron chi connectivity index (χ0n) is 11.3. The Morgan fingerprint density at radius 2 is 2.18 bits per heavy atom. The molecular formula is C14H22N2O. The molecule has 1 saturated heterocycles. The Bertz CT molecular complexity index is 434. The normalized spacial score (nSPS) is 21.1. The van der Waals surface area contributed by atoms with E-state index in [1.54, 1.807) is 0 Å². The highest BCUT2D eigenvalue weighted by molar-refractivity contribution is 5.99. The van der Waals surface area contributed by atoms with Gasteiger partial charge in [-0.3, -0.25) is 9.69 Å². The van der Waals surface area contributed by atoms with Crippen molar-refractivity contribution in [3.63, 3.8) is 0 Å². The summed E-state index contributed by atoms with van der Waals surface area (Å²) < 4.78 is 2.08. The highest BCUT2D eigenvalue weighted by Crippen LogP contribution is 2.18. The molecule has 0 saturated carbocycles. The molecule has 1 fully saturated rings. The molecule has 0 spiro atoms. The maximum Gasteiger partial charge on any atom is 0.178 e. The number of nitrogens with zero attached hydrogens (tertiary/aromatic N) is 2. The molecule has 2 heterocycles. The Labute approximate surface area is 103 Å². The molecule has 1 atom stereocenters. The summed E-state index contributed by atoms with van der Waals surface area (Å²) in [4.78, 5) is 14.5. The second-order valence-corrected chi connectivity index (χ2v) is 5.40. The molecule has 0 N–H and O–H groups in total. The monoisotopic (exact) mass is 234 g/mol. The van der Waals surface area contributed by atoms with Crippen LogP contribution < -0.4 is 0 Å².